The molecule has 0 saturated heterocycles. The first-order chi connectivity index (χ1) is 6.82. The van der Waals surface area contributed by atoms with Crippen molar-refractivity contribution in [2.45, 2.75) is 27.7 Å². The van der Waals surface area contributed by atoms with Crippen LogP contribution in [-0.2, 0) is 4.57 Å². The van der Waals surface area contributed by atoms with Gasteiger partial charge in [0.05, 0.1) is 0 Å². The Bertz CT molecular complexity index is 219. The zero-order chi connectivity index (χ0) is 12.0. The number of hydrogen-bond acceptors (Lipinski definition) is 3. The molecular formula is C10H22N2O2P. The highest BCUT2D eigenvalue weighted by Gasteiger charge is 2.14. The van der Waals surface area contributed by atoms with Crippen LogP contribution in [0.5, 0.6) is 0 Å². The van der Waals surface area contributed by atoms with Gasteiger partial charge in [0.2, 0.25) is 0 Å². The van der Waals surface area contributed by atoms with Crippen molar-refractivity contribution < 1.29 is 9.36 Å². The Morgan fingerprint density at radius 3 is 1.87 bits per heavy atom. The highest BCUT2D eigenvalue weighted by Crippen LogP contribution is 2.14. The smallest absolute Gasteiger partial charge is 0.279 e. The van der Waals surface area contributed by atoms with Crippen LogP contribution in [0.15, 0.2) is 0 Å². The van der Waals surface area contributed by atoms with Crippen LogP contribution < -0.4 is 5.43 Å². The highest BCUT2D eigenvalue weighted by atomic mass is 31.1. The van der Waals surface area contributed by atoms with E-state index in [-0.39, 0.29) is 5.65 Å². The summed E-state index contributed by atoms with van der Waals surface area (Å²) < 4.78 is 11.0. The van der Waals surface area contributed by atoms with Gasteiger partial charge in [0.25, 0.3) is 0 Å². The first-order valence-electron chi connectivity index (χ1n) is 5.29. The molecule has 1 radical (unpaired) electrons. The van der Waals surface area contributed by atoms with E-state index in [4.69, 9.17) is 0 Å². The molecule has 0 bridgehead atoms. The minimum atomic E-state index is -1.79. The molecule has 0 aliphatic carbocycles. The van der Waals surface area contributed by atoms with E-state index in [0.29, 0.717) is 11.8 Å². The van der Waals surface area contributed by atoms with E-state index in [1.807, 2.05) is 5.01 Å². The van der Waals surface area contributed by atoms with Crippen LogP contribution in [0.3, 0.4) is 0 Å². The molecule has 0 rings (SSSR count). The molecule has 0 fully saturated rings. The summed E-state index contributed by atoms with van der Waals surface area (Å²) in [5.41, 5.74) is 2.31. The minimum Gasteiger partial charge on any atom is -0.279 e. The fourth-order valence-electron chi connectivity index (χ4n) is 1.25. The molecule has 0 aromatic carbocycles. The summed E-state index contributed by atoms with van der Waals surface area (Å²) in [5.74, 6) is 0.942. The summed E-state index contributed by atoms with van der Waals surface area (Å²) in [4.78, 5) is 11.3. The topological polar surface area (TPSA) is 49.4 Å². The fraction of sp³-hybridized carbons (Fsp3) is 0.900. The molecule has 1 atom stereocenters. The Hall–Kier alpha value is -0.470. The summed E-state index contributed by atoms with van der Waals surface area (Å²) in [6.07, 6.45) is 0. The average Bonchev–Trinajstić information content (AvgIpc) is 2.00. The molecule has 0 aromatic rings. The number of hydrogen-bond donors (Lipinski definition) is 1. The van der Waals surface area contributed by atoms with E-state index in [9.17, 15) is 9.36 Å². The van der Waals surface area contributed by atoms with Crippen LogP contribution in [0.2, 0.25) is 0 Å². The van der Waals surface area contributed by atoms with Crippen LogP contribution in [0.1, 0.15) is 27.7 Å². The third-order valence-electron chi connectivity index (χ3n) is 1.71. The van der Waals surface area contributed by atoms with Gasteiger partial charge in [-0.05, 0) is 11.8 Å². The van der Waals surface area contributed by atoms with Gasteiger partial charge in [-0.3, -0.25) is 14.8 Å². The van der Waals surface area contributed by atoms with E-state index in [1.54, 1.807) is 0 Å². The fourth-order valence-corrected chi connectivity index (χ4v) is 1.54. The van der Waals surface area contributed by atoms with Crippen LogP contribution in [-0.4, -0.2) is 30.4 Å². The van der Waals surface area contributed by atoms with Crippen LogP contribution in [0, 0.1) is 11.8 Å². The van der Waals surface area contributed by atoms with E-state index < -0.39 is 7.80 Å². The Morgan fingerprint density at radius 1 is 1.20 bits per heavy atom. The molecular weight excluding hydrogens is 211 g/mol. The van der Waals surface area contributed by atoms with Crippen LogP contribution in [0.25, 0.3) is 0 Å². The van der Waals surface area contributed by atoms with Gasteiger partial charge >= 0.3 is 5.65 Å². The third-order valence-corrected chi connectivity index (χ3v) is 2.38. The molecule has 4 nitrogen and oxygen atoms in total. The van der Waals surface area contributed by atoms with Gasteiger partial charge in [0.15, 0.2) is 7.80 Å². The first-order valence-corrected chi connectivity index (χ1v) is 7.00. The van der Waals surface area contributed by atoms with Gasteiger partial charge in [0.1, 0.15) is 0 Å². The predicted molar refractivity (Wildman–Crippen MR) is 63.3 cm³/mol. The van der Waals surface area contributed by atoms with E-state index in [0.717, 1.165) is 13.1 Å². The summed E-state index contributed by atoms with van der Waals surface area (Å²) in [6, 6.07) is 0. The highest BCUT2D eigenvalue weighted by molar-refractivity contribution is 7.62. The SMILES string of the molecule is CC(C)CN(CC(C)C)NC(=O)[P](C)=O. The Kier molecular flexibility index (Phi) is 6.70. The summed E-state index contributed by atoms with van der Waals surface area (Å²) in [5, 5.41) is 1.86. The Balaban J connectivity index is 4.23. The van der Waals surface area contributed by atoms with Gasteiger partial charge in [0, 0.05) is 19.8 Å². The number of nitrogens with zero attached hydrogens (tertiary/aromatic N) is 1. The largest absolute Gasteiger partial charge is 0.314 e. The van der Waals surface area contributed by atoms with Gasteiger partial charge in [-0.1, -0.05) is 27.7 Å². The number of amides is 1. The van der Waals surface area contributed by atoms with Crippen molar-refractivity contribution in [2.24, 2.45) is 11.8 Å². The van der Waals surface area contributed by atoms with Gasteiger partial charge in [-0.2, -0.15) is 0 Å². The number of nitrogens with one attached hydrogen (secondary N) is 1. The monoisotopic (exact) mass is 233 g/mol. The van der Waals surface area contributed by atoms with Crippen molar-refractivity contribution in [1.29, 1.82) is 0 Å². The molecule has 0 heterocycles. The zero-order valence-corrected chi connectivity index (χ0v) is 11.2. The van der Waals surface area contributed by atoms with Crippen LogP contribution in [0.4, 0.5) is 4.79 Å². The second-order valence-electron chi connectivity index (χ2n) is 4.61. The standard InChI is InChI=1S/C10H22N2O2P/c1-8(2)6-12(7-9(3)4)11-10(13)15(5)14/h8-9H,6-7H2,1-5H3,(H,11,13). The summed E-state index contributed by atoms with van der Waals surface area (Å²) in [7, 11) is -1.79. The van der Waals surface area contributed by atoms with Gasteiger partial charge < -0.3 is 0 Å². The summed E-state index contributed by atoms with van der Waals surface area (Å²) in [6.45, 7) is 11.3. The maximum Gasteiger partial charge on any atom is 0.314 e. The van der Waals surface area contributed by atoms with E-state index >= 15 is 0 Å². The van der Waals surface area contributed by atoms with E-state index in [2.05, 4.69) is 33.1 Å². The Morgan fingerprint density at radius 2 is 1.60 bits per heavy atom. The number of rotatable bonds is 6. The first kappa shape index (κ1) is 14.5. The van der Waals surface area contributed by atoms with Crippen molar-refractivity contribution in [1.82, 2.24) is 10.4 Å². The van der Waals surface area contributed by atoms with Crippen molar-refractivity contribution >= 4 is 13.4 Å². The molecule has 0 aliphatic heterocycles. The third kappa shape index (κ3) is 7.46. The van der Waals surface area contributed by atoms with Gasteiger partial charge in [-0.25, -0.2) is 5.01 Å². The Labute approximate surface area is 93.2 Å². The number of hydrazine groups is 1. The lowest BCUT2D eigenvalue weighted by molar-refractivity contribution is 0.161. The molecule has 1 N–H and O–H groups in total. The van der Waals surface area contributed by atoms with Crippen molar-refractivity contribution in [3.63, 3.8) is 0 Å². The zero-order valence-electron chi connectivity index (χ0n) is 10.3. The van der Waals surface area contributed by atoms with Crippen LogP contribution >= 0.6 is 7.80 Å². The maximum atomic E-state index is 11.3. The average molecular weight is 233 g/mol. The molecule has 5 heteroatoms. The molecule has 0 saturated carbocycles. The second kappa shape index (κ2) is 6.91. The van der Waals surface area contributed by atoms with Gasteiger partial charge in [-0.15, -0.1) is 0 Å². The van der Waals surface area contributed by atoms with Crippen molar-refractivity contribution in [3.8, 4) is 0 Å². The lowest BCUT2D eigenvalue weighted by Gasteiger charge is -2.25. The molecule has 89 valence electrons. The predicted octanol–water partition coefficient (Wildman–Crippen LogP) is 2.68. The number of carbonyl (C=O) groups excluding carboxylic acids is 1. The van der Waals surface area contributed by atoms with Crippen molar-refractivity contribution in [3.05, 3.63) is 0 Å². The molecule has 1 unspecified atom stereocenters. The molecule has 1 amide bonds. The normalized spacial score (nSPS) is 12.4. The molecule has 0 spiro atoms. The summed E-state index contributed by atoms with van der Waals surface area (Å²) >= 11 is 0. The van der Waals surface area contributed by atoms with Crippen molar-refractivity contribution in [2.75, 3.05) is 19.8 Å². The molecule has 0 aliphatic rings. The minimum absolute atomic E-state index is 0.383. The van der Waals surface area contributed by atoms with E-state index in [1.165, 1.54) is 6.66 Å². The maximum absolute atomic E-state index is 11.3. The molecule has 15 heavy (non-hydrogen) atoms. The second-order valence-corrected chi connectivity index (χ2v) is 6.01. The molecule has 0 aromatic heterocycles. The quantitative estimate of drug-likeness (QED) is 0.566. The lowest BCUT2D eigenvalue weighted by Crippen LogP contribution is -2.44. The number of carbonyl (C=O) groups is 1. The lowest BCUT2D eigenvalue weighted by atomic mass is 10.2.